The van der Waals surface area contributed by atoms with E-state index in [2.05, 4.69) is 10.6 Å². The van der Waals surface area contributed by atoms with Crippen molar-refractivity contribution in [2.24, 2.45) is 0 Å². The maximum Gasteiger partial charge on any atom is 0.319 e. The van der Waals surface area contributed by atoms with Crippen LogP contribution < -0.4 is 10.6 Å². The minimum atomic E-state index is -0.237. The van der Waals surface area contributed by atoms with E-state index < -0.39 is 0 Å². The Morgan fingerprint density at radius 3 is 2.41 bits per heavy atom. The van der Waals surface area contributed by atoms with Crippen LogP contribution in [0.4, 0.5) is 10.5 Å². The number of hydrogen-bond acceptors (Lipinski definition) is 2. The number of aryl methyl sites for hydroxylation is 2. The lowest BCUT2D eigenvalue weighted by molar-refractivity contribution is 0.104. The second kappa shape index (κ2) is 7.61. The maximum absolute atomic E-state index is 12.0. The van der Waals surface area contributed by atoms with Crippen molar-refractivity contribution in [1.82, 2.24) is 5.32 Å². The van der Waals surface area contributed by atoms with Crippen molar-refractivity contribution in [3.05, 3.63) is 65.2 Å². The molecule has 116 valence electrons. The molecule has 2 aromatic carbocycles. The van der Waals surface area contributed by atoms with Crippen molar-refractivity contribution < 1.29 is 9.53 Å². The van der Waals surface area contributed by atoms with E-state index in [0.29, 0.717) is 6.54 Å². The first-order chi connectivity index (χ1) is 10.6. The van der Waals surface area contributed by atoms with E-state index in [0.717, 1.165) is 22.4 Å². The first-order valence-corrected chi connectivity index (χ1v) is 7.30. The summed E-state index contributed by atoms with van der Waals surface area (Å²) < 4.78 is 5.49. The average Bonchev–Trinajstić information content (AvgIpc) is 2.52. The maximum atomic E-state index is 12.0. The van der Waals surface area contributed by atoms with Gasteiger partial charge in [0.05, 0.1) is 6.10 Å². The molecule has 0 spiro atoms. The summed E-state index contributed by atoms with van der Waals surface area (Å²) in [5, 5.41) is 5.66. The van der Waals surface area contributed by atoms with Gasteiger partial charge in [-0.05, 0) is 37.1 Å². The molecule has 2 aromatic rings. The number of carbonyl (C=O) groups excluding carboxylic acids is 1. The molecule has 4 nitrogen and oxygen atoms in total. The highest BCUT2D eigenvalue weighted by molar-refractivity contribution is 5.89. The Labute approximate surface area is 131 Å². The van der Waals surface area contributed by atoms with Gasteiger partial charge in [0.1, 0.15) is 0 Å². The Morgan fingerprint density at radius 1 is 1.09 bits per heavy atom. The highest BCUT2D eigenvalue weighted by Gasteiger charge is 2.13. The van der Waals surface area contributed by atoms with Crippen LogP contribution in [0.5, 0.6) is 0 Å². The zero-order chi connectivity index (χ0) is 15.9. The van der Waals surface area contributed by atoms with E-state index in [9.17, 15) is 4.79 Å². The topological polar surface area (TPSA) is 50.4 Å². The van der Waals surface area contributed by atoms with Crippen molar-refractivity contribution in [3.8, 4) is 0 Å². The fraction of sp³-hybridized carbons (Fsp3) is 0.278. The van der Waals surface area contributed by atoms with Gasteiger partial charge in [-0.2, -0.15) is 0 Å². The van der Waals surface area contributed by atoms with E-state index in [1.165, 1.54) is 0 Å². The van der Waals surface area contributed by atoms with Crippen molar-refractivity contribution in [2.45, 2.75) is 20.0 Å². The predicted octanol–water partition coefficient (Wildman–Crippen LogP) is 3.81. The summed E-state index contributed by atoms with van der Waals surface area (Å²) in [6, 6.07) is 15.5. The molecule has 1 atom stereocenters. The van der Waals surface area contributed by atoms with E-state index >= 15 is 0 Å². The number of amides is 2. The van der Waals surface area contributed by atoms with Crippen LogP contribution in [0, 0.1) is 13.8 Å². The van der Waals surface area contributed by atoms with Crippen molar-refractivity contribution in [3.63, 3.8) is 0 Å². The molecule has 0 bridgehead atoms. The van der Waals surface area contributed by atoms with Crippen LogP contribution in [-0.2, 0) is 4.74 Å². The number of methoxy groups -OCH3 is 1. The molecule has 0 aliphatic heterocycles. The number of benzene rings is 2. The van der Waals surface area contributed by atoms with E-state index in [1.54, 1.807) is 7.11 Å². The van der Waals surface area contributed by atoms with Gasteiger partial charge in [-0.1, -0.05) is 42.0 Å². The van der Waals surface area contributed by atoms with Gasteiger partial charge in [-0.15, -0.1) is 0 Å². The van der Waals surface area contributed by atoms with Crippen molar-refractivity contribution >= 4 is 11.7 Å². The normalized spacial score (nSPS) is 11.8. The molecule has 0 aromatic heterocycles. The minimum Gasteiger partial charge on any atom is -0.375 e. The lowest BCUT2D eigenvalue weighted by Gasteiger charge is -2.18. The van der Waals surface area contributed by atoms with Gasteiger partial charge >= 0.3 is 6.03 Å². The molecule has 2 N–H and O–H groups in total. The summed E-state index contributed by atoms with van der Waals surface area (Å²) in [4.78, 5) is 12.0. The van der Waals surface area contributed by atoms with Crippen LogP contribution in [0.3, 0.4) is 0 Å². The summed E-state index contributed by atoms with van der Waals surface area (Å²) in [5.74, 6) is 0. The molecule has 0 heterocycles. The van der Waals surface area contributed by atoms with Gasteiger partial charge < -0.3 is 15.4 Å². The molecule has 0 saturated carbocycles. The summed E-state index contributed by atoms with van der Waals surface area (Å²) in [6.07, 6.45) is -0.162. The summed E-state index contributed by atoms with van der Waals surface area (Å²) in [6.45, 7) is 4.46. The molecule has 0 radical (unpaired) electrons. The second-order valence-electron chi connectivity index (χ2n) is 5.28. The molecule has 0 fully saturated rings. The molecule has 0 aliphatic carbocycles. The lowest BCUT2D eigenvalue weighted by Crippen LogP contribution is -2.33. The first kappa shape index (κ1) is 16.0. The number of ether oxygens (including phenoxy) is 1. The minimum absolute atomic E-state index is 0.162. The number of anilines is 1. The Balaban J connectivity index is 1.91. The number of hydrogen-bond donors (Lipinski definition) is 2. The Kier molecular flexibility index (Phi) is 5.55. The smallest absolute Gasteiger partial charge is 0.319 e. The second-order valence-corrected chi connectivity index (χ2v) is 5.28. The van der Waals surface area contributed by atoms with Gasteiger partial charge in [0.25, 0.3) is 0 Å². The SMILES string of the molecule is COC(CNC(=O)Nc1ccc(C)cc1)c1ccccc1C. The molecule has 2 amide bonds. The Bertz CT molecular complexity index is 623. The summed E-state index contributed by atoms with van der Waals surface area (Å²) >= 11 is 0. The number of carbonyl (C=O) groups is 1. The Hall–Kier alpha value is -2.33. The number of urea groups is 1. The molecule has 0 aliphatic rings. The van der Waals surface area contributed by atoms with Gasteiger partial charge in [-0.3, -0.25) is 0 Å². The van der Waals surface area contributed by atoms with E-state index in [4.69, 9.17) is 4.74 Å². The third kappa shape index (κ3) is 4.33. The van der Waals surface area contributed by atoms with E-state index in [1.807, 2.05) is 62.4 Å². The van der Waals surface area contributed by atoms with Crippen molar-refractivity contribution in [1.29, 1.82) is 0 Å². The summed E-state index contributed by atoms with van der Waals surface area (Å²) in [5.41, 5.74) is 4.16. The fourth-order valence-electron chi connectivity index (χ4n) is 2.27. The van der Waals surface area contributed by atoms with Crippen LogP contribution >= 0.6 is 0 Å². The zero-order valence-corrected chi connectivity index (χ0v) is 13.2. The molecular formula is C18H22N2O2. The quantitative estimate of drug-likeness (QED) is 0.882. The Morgan fingerprint density at radius 2 is 1.77 bits per heavy atom. The van der Waals surface area contributed by atoms with Crippen LogP contribution in [0.25, 0.3) is 0 Å². The van der Waals surface area contributed by atoms with Crippen LogP contribution in [-0.4, -0.2) is 19.7 Å². The molecular weight excluding hydrogens is 276 g/mol. The molecule has 2 rings (SSSR count). The van der Waals surface area contributed by atoms with Gasteiger partial charge in [0.15, 0.2) is 0 Å². The van der Waals surface area contributed by atoms with Crippen LogP contribution in [0.15, 0.2) is 48.5 Å². The average molecular weight is 298 g/mol. The largest absolute Gasteiger partial charge is 0.375 e. The number of nitrogens with one attached hydrogen (secondary N) is 2. The monoisotopic (exact) mass is 298 g/mol. The fourth-order valence-corrected chi connectivity index (χ4v) is 2.27. The standard InChI is InChI=1S/C18H22N2O2/c1-13-8-10-15(11-9-13)20-18(21)19-12-17(22-3)16-7-5-4-6-14(16)2/h4-11,17H,12H2,1-3H3,(H2,19,20,21). The third-order valence-corrected chi connectivity index (χ3v) is 3.58. The number of rotatable bonds is 5. The van der Waals surface area contributed by atoms with Gasteiger partial charge in [0.2, 0.25) is 0 Å². The molecule has 1 unspecified atom stereocenters. The highest BCUT2D eigenvalue weighted by atomic mass is 16.5. The van der Waals surface area contributed by atoms with Crippen LogP contribution in [0.2, 0.25) is 0 Å². The third-order valence-electron chi connectivity index (χ3n) is 3.58. The first-order valence-electron chi connectivity index (χ1n) is 7.30. The van der Waals surface area contributed by atoms with Crippen molar-refractivity contribution in [2.75, 3.05) is 19.0 Å². The predicted molar refractivity (Wildman–Crippen MR) is 89.1 cm³/mol. The zero-order valence-electron chi connectivity index (χ0n) is 13.2. The van der Waals surface area contributed by atoms with Gasteiger partial charge in [-0.25, -0.2) is 4.79 Å². The van der Waals surface area contributed by atoms with Crippen LogP contribution in [0.1, 0.15) is 22.8 Å². The highest BCUT2D eigenvalue weighted by Crippen LogP contribution is 2.19. The summed E-state index contributed by atoms with van der Waals surface area (Å²) in [7, 11) is 1.65. The molecule has 22 heavy (non-hydrogen) atoms. The van der Waals surface area contributed by atoms with E-state index in [-0.39, 0.29) is 12.1 Å². The van der Waals surface area contributed by atoms with Gasteiger partial charge in [0, 0.05) is 19.3 Å². The molecule has 0 saturated heterocycles. The lowest BCUT2D eigenvalue weighted by atomic mass is 10.0. The molecule has 4 heteroatoms.